The van der Waals surface area contributed by atoms with Crippen LogP contribution in [-0.2, 0) is 14.2 Å². The number of carbonyl (C=O) groups excluding carboxylic acids is 3. The van der Waals surface area contributed by atoms with E-state index in [0.29, 0.717) is 19.6 Å². The molecule has 2 heterocycles. The van der Waals surface area contributed by atoms with Crippen LogP contribution in [0.15, 0.2) is 97.1 Å². The largest absolute Gasteiger partial charge is 0.448 e. The van der Waals surface area contributed by atoms with Crippen LogP contribution >= 0.6 is 12.4 Å². The highest BCUT2D eigenvalue weighted by molar-refractivity contribution is 5.85. The molecule has 416 valence electrons. The number of rotatable bonds is 20. The molecule has 2 aliphatic heterocycles. The number of benzene rings is 4. The van der Waals surface area contributed by atoms with E-state index in [0.717, 1.165) is 57.6 Å². The van der Waals surface area contributed by atoms with Gasteiger partial charge < -0.3 is 85.3 Å². The van der Waals surface area contributed by atoms with E-state index in [9.17, 15) is 55.2 Å². The summed E-state index contributed by atoms with van der Waals surface area (Å²) < 4.78 is 16.8. The number of ether oxygens (including phenoxy) is 3. The standard InChI is InChI=1S/C30H40N2O9.C25H32N2O7.ClH/c1-30(2,3)41-29(39)31-12-18(13-31)14-32(15-24(34)26(36)27(37)25(35)16-33)28(38)40-17-23-21-10-6-4-8-19(21)20-9-5-7-11-22(20)23;28-13-22(30)24(32)23(31)21(29)12-27(11-15-9-26-10-15)25(33)34-14-20-18-7-3-1-5-16(18)17-6-2-4-8-19(17)20;/h4-11,18,23-27,33-37H,12-17H2,1-3H3;1-8,15,20-24,26,28-32H,9-14H2;1H/t24-,25+,26+,27+;21-,22+,23+,24+;/m00./s1. The molecule has 0 saturated carbocycles. The van der Waals surface area contributed by atoms with Gasteiger partial charge in [-0.15, -0.1) is 12.4 Å². The summed E-state index contributed by atoms with van der Waals surface area (Å²) in [5, 5.41) is 102. The third-order valence-electron chi connectivity index (χ3n) is 14.1. The molecular weight excluding hydrogens is 1010 g/mol. The van der Waals surface area contributed by atoms with Crippen LogP contribution in [-0.4, -0.2) is 217 Å². The zero-order valence-corrected chi connectivity index (χ0v) is 43.6. The Hall–Kier alpha value is -5.46. The van der Waals surface area contributed by atoms with Crippen molar-refractivity contribution in [1.29, 1.82) is 0 Å². The van der Waals surface area contributed by atoms with Crippen molar-refractivity contribution in [2.24, 2.45) is 11.8 Å². The molecule has 0 radical (unpaired) electrons. The van der Waals surface area contributed by atoms with Gasteiger partial charge in [0, 0.05) is 62.9 Å². The summed E-state index contributed by atoms with van der Waals surface area (Å²) in [5.74, 6) is -0.254. The molecule has 4 aromatic rings. The average Bonchev–Trinajstić information content (AvgIpc) is 3.88. The van der Waals surface area contributed by atoms with Gasteiger partial charge in [-0.2, -0.15) is 0 Å². The van der Waals surface area contributed by atoms with E-state index in [-0.39, 0.29) is 62.4 Å². The molecule has 0 bridgehead atoms. The van der Waals surface area contributed by atoms with Gasteiger partial charge in [0.15, 0.2) is 0 Å². The molecule has 2 aliphatic carbocycles. The summed E-state index contributed by atoms with van der Waals surface area (Å²) in [6.45, 7) is 5.72. The van der Waals surface area contributed by atoms with E-state index in [4.69, 9.17) is 24.4 Å². The topological polar surface area (TPSA) is 303 Å². The third kappa shape index (κ3) is 14.4. The van der Waals surface area contributed by atoms with Crippen molar-refractivity contribution >= 4 is 30.7 Å². The number of nitrogens with zero attached hydrogens (tertiary/aromatic N) is 3. The van der Waals surface area contributed by atoms with Crippen molar-refractivity contribution in [2.45, 2.75) is 87.0 Å². The molecule has 0 unspecified atom stereocenters. The van der Waals surface area contributed by atoms with Crippen molar-refractivity contribution in [2.75, 3.05) is 78.8 Å². The van der Waals surface area contributed by atoms with E-state index in [1.54, 1.807) is 20.8 Å². The third-order valence-corrected chi connectivity index (χ3v) is 14.1. The maximum atomic E-state index is 13.4. The predicted molar refractivity (Wildman–Crippen MR) is 280 cm³/mol. The Morgan fingerprint density at radius 1 is 0.553 bits per heavy atom. The molecule has 8 atom stereocenters. The number of amides is 3. The van der Waals surface area contributed by atoms with Gasteiger partial charge in [-0.3, -0.25) is 0 Å². The number of aliphatic hydroxyl groups is 10. The Bertz CT molecular complexity index is 2450. The van der Waals surface area contributed by atoms with Crippen molar-refractivity contribution < 1.29 is 79.7 Å². The first kappa shape index (κ1) is 59.8. The number of carbonyl (C=O) groups is 3. The normalized spacial score (nSPS) is 18.1. The SMILES string of the molecule is CC(C)(C)OC(=O)N1CC(CN(C[C@H](O)[C@@H](O)[C@H](O)[C@H](O)CO)C(=O)OCC2c3ccccc3-c3ccccc32)C1.Cl.O=C(OCC1c2ccccc2-c2ccccc21)N(CC1CNC1)C[C@H](O)[C@@H](O)[C@H](O)[C@H](O)CO. The Morgan fingerprint density at radius 2 is 0.882 bits per heavy atom. The molecule has 4 aromatic carbocycles. The first-order valence-corrected chi connectivity index (χ1v) is 25.3. The Balaban J connectivity index is 0.000000247. The summed E-state index contributed by atoms with van der Waals surface area (Å²) >= 11 is 0. The van der Waals surface area contributed by atoms with Crippen LogP contribution in [0.1, 0.15) is 54.9 Å². The van der Waals surface area contributed by atoms with Gasteiger partial charge in [-0.25, -0.2) is 14.4 Å². The van der Waals surface area contributed by atoms with Crippen molar-refractivity contribution in [3.8, 4) is 22.3 Å². The summed E-state index contributed by atoms with van der Waals surface area (Å²) in [6.07, 6.45) is -15.4. The molecule has 20 nitrogen and oxygen atoms in total. The van der Waals surface area contributed by atoms with Crippen LogP contribution in [0.3, 0.4) is 0 Å². The number of nitrogens with one attached hydrogen (secondary N) is 1. The van der Waals surface area contributed by atoms with E-state index in [2.05, 4.69) is 17.4 Å². The number of likely N-dealkylation sites (tertiary alicyclic amines) is 1. The molecule has 2 fully saturated rings. The smallest absolute Gasteiger partial charge is 0.410 e. The summed E-state index contributed by atoms with van der Waals surface area (Å²) in [4.78, 5) is 42.8. The Kier molecular flexibility index (Phi) is 21.0. The number of hydrogen-bond acceptors (Lipinski definition) is 17. The monoisotopic (exact) mass is 1080 g/mol. The fourth-order valence-corrected chi connectivity index (χ4v) is 9.87. The lowest BCUT2D eigenvalue weighted by Crippen LogP contribution is -2.57. The predicted octanol–water partition coefficient (Wildman–Crippen LogP) is 1.85. The van der Waals surface area contributed by atoms with E-state index >= 15 is 0 Å². The number of halogens is 1. The molecule has 0 aromatic heterocycles. The van der Waals surface area contributed by atoms with Crippen LogP contribution in [0, 0.1) is 11.8 Å². The van der Waals surface area contributed by atoms with Crippen LogP contribution in [0.4, 0.5) is 14.4 Å². The van der Waals surface area contributed by atoms with E-state index in [1.165, 1.54) is 14.7 Å². The Morgan fingerprint density at radius 3 is 1.20 bits per heavy atom. The first-order chi connectivity index (χ1) is 35.8. The molecule has 76 heavy (non-hydrogen) atoms. The highest BCUT2D eigenvalue weighted by Gasteiger charge is 2.40. The minimum absolute atomic E-state index is 0. The van der Waals surface area contributed by atoms with Crippen LogP contribution in [0.5, 0.6) is 0 Å². The summed E-state index contributed by atoms with van der Waals surface area (Å²) in [7, 11) is 0. The van der Waals surface area contributed by atoms with E-state index < -0.39 is 92.5 Å². The van der Waals surface area contributed by atoms with Crippen molar-refractivity contribution in [3.05, 3.63) is 119 Å². The van der Waals surface area contributed by atoms with Crippen molar-refractivity contribution in [1.82, 2.24) is 20.0 Å². The maximum Gasteiger partial charge on any atom is 0.410 e. The quantitative estimate of drug-likeness (QED) is 0.0563. The van der Waals surface area contributed by atoms with Crippen molar-refractivity contribution in [3.63, 3.8) is 0 Å². The second-order valence-electron chi connectivity index (χ2n) is 20.8. The maximum absolute atomic E-state index is 13.4. The van der Waals surface area contributed by atoms with Gasteiger partial charge in [-0.1, -0.05) is 97.1 Å². The highest BCUT2D eigenvalue weighted by atomic mass is 35.5. The number of fused-ring (bicyclic) bond motifs is 6. The second-order valence-corrected chi connectivity index (χ2v) is 20.8. The van der Waals surface area contributed by atoms with Crippen LogP contribution in [0.25, 0.3) is 22.3 Å². The molecular formula is C55H73ClN4O16. The minimum Gasteiger partial charge on any atom is -0.448 e. The van der Waals surface area contributed by atoms with Gasteiger partial charge in [0.05, 0.1) is 26.3 Å². The molecule has 21 heteroatoms. The highest BCUT2D eigenvalue weighted by Crippen LogP contribution is 2.46. The van der Waals surface area contributed by atoms with Gasteiger partial charge in [0.1, 0.15) is 67.6 Å². The lowest BCUT2D eigenvalue weighted by molar-refractivity contribution is -0.119. The lowest BCUT2D eigenvalue weighted by atomic mass is 9.98. The van der Waals surface area contributed by atoms with Gasteiger partial charge >= 0.3 is 18.3 Å². The van der Waals surface area contributed by atoms with Crippen LogP contribution < -0.4 is 5.32 Å². The minimum atomic E-state index is -1.83. The number of aliphatic hydroxyl groups excluding tert-OH is 10. The number of hydrogen-bond donors (Lipinski definition) is 11. The fourth-order valence-electron chi connectivity index (χ4n) is 9.87. The molecule has 3 amide bonds. The molecule has 0 spiro atoms. The first-order valence-electron chi connectivity index (χ1n) is 25.3. The van der Waals surface area contributed by atoms with Gasteiger partial charge in [0.2, 0.25) is 0 Å². The average molecular weight is 1080 g/mol. The summed E-state index contributed by atoms with van der Waals surface area (Å²) in [5.41, 5.74) is 7.99. The molecule has 2 saturated heterocycles. The lowest BCUT2D eigenvalue weighted by Gasteiger charge is -2.42. The zero-order chi connectivity index (χ0) is 54.1. The zero-order valence-electron chi connectivity index (χ0n) is 42.8. The molecule has 11 N–H and O–H groups in total. The van der Waals surface area contributed by atoms with Gasteiger partial charge in [-0.05, 0) is 65.3 Å². The summed E-state index contributed by atoms with van der Waals surface area (Å²) in [6, 6.07) is 31.9. The Labute approximate surface area is 448 Å². The molecule has 8 rings (SSSR count). The van der Waals surface area contributed by atoms with E-state index in [1.807, 2.05) is 84.9 Å². The second kappa shape index (κ2) is 26.7. The van der Waals surface area contributed by atoms with Crippen LogP contribution in [0.2, 0.25) is 0 Å². The van der Waals surface area contributed by atoms with Gasteiger partial charge in [0.25, 0.3) is 0 Å². The fraction of sp³-hybridized carbons (Fsp3) is 0.509. The molecule has 4 aliphatic rings.